The van der Waals surface area contributed by atoms with Crippen LogP contribution >= 0.6 is 11.6 Å². The molecule has 0 unspecified atom stereocenters. The molecule has 0 aliphatic heterocycles. The van der Waals surface area contributed by atoms with Crippen molar-refractivity contribution in [2.75, 3.05) is 12.9 Å². The number of aromatic nitrogens is 2. The standard InChI is InChI=1S/C19H23ClFN3O4S/c1-29(26,27)12-6-7-13(15(20)10-12)18-23-19(28-24-18)14(8-9-25)17(22)16(21)11-4-2-3-5-11/h6-7,10,14,17,25H,2-5,8-9,22H2,1H3/t14-,17+/m1/s1. The van der Waals surface area contributed by atoms with E-state index in [-0.39, 0.29) is 40.5 Å². The zero-order chi connectivity index (χ0) is 21.2. The molecule has 1 aliphatic carbocycles. The van der Waals surface area contributed by atoms with Gasteiger partial charge in [0, 0.05) is 18.4 Å². The van der Waals surface area contributed by atoms with Crippen LogP contribution in [0, 0.1) is 0 Å². The first kappa shape index (κ1) is 21.9. The van der Waals surface area contributed by atoms with E-state index < -0.39 is 21.8 Å². The van der Waals surface area contributed by atoms with Crippen molar-refractivity contribution in [2.45, 2.75) is 49.0 Å². The monoisotopic (exact) mass is 443 g/mol. The lowest BCUT2D eigenvalue weighted by Crippen LogP contribution is -2.31. The highest BCUT2D eigenvalue weighted by Gasteiger charge is 2.31. The fraction of sp³-hybridized carbons (Fsp3) is 0.474. The number of nitrogens with two attached hydrogens (primary N) is 1. The van der Waals surface area contributed by atoms with Gasteiger partial charge >= 0.3 is 0 Å². The molecular weight excluding hydrogens is 421 g/mol. The number of benzene rings is 1. The Balaban J connectivity index is 1.91. The first-order chi connectivity index (χ1) is 13.7. The summed E-state index contributed by atoms with van der Waals surface area (Å²) in [6.07, 6.45) is 4.48. The second-order valence-electron chi connectivity index (χ2n) is 7.17. The average molecular weight is 444 g/mol. The number of sulfone groups is 1. The topological polar surface area (TPSA) is 119 Å². The van der Waals surface area contributed by atoms with E-state index in [1.54, 1.807) is 0 Å². The molecule has 0 bridgehead atoms. The molecule has 1 heterocycles. The van der Waals surface area contributed by atoms with Gasteiger partial charge in [0.1, 0.15) is 5.83 Å². The number of halogens is 2. The number of aliphatic hydroxyl groups is 1. The second-order valence-corrected chi connectivity index (χ2v) is 9.60. The summed E-state index contributed by atoms with van der Waals surface area (Å²) in [5, 5.41) is 13.4. The van der Waals surface area contributed by atoms with Crippen molar-refractivity contribution in [2.24, 2.45) is 5.73 Å². The van der Waals surface area contributed by atoms with Crippen molar-refractivity contribution in [1.29, 1.82) is 0 Å². The molecule has 1 aromatic carbocycles. The molecule has 0 saturated heterocycles. The highest BCUT2D eigenvalue weighted by Crippen LogP contribution is 2.35. The molecule has 29 heavy (non-hydrogen) atoms. The Morgan fingerprint density at radius 1 is 1.38 bits per heavy atom. The van der Waals surface area contributed by atoms with E-state index in [1.165, 1.54) is 18.2 Å². The molecule has 1 fully saturated rings. The number of allylic oxidation sites excluding steroid dienone is 1. The van der Waals surface area contributed by atoms with Gasteiger partial charge in [0.2, 0.25) is 11.7 Å². The molecule has 3 rings (SSSR count). The Hall–Kier alpha value is -1.81. The summed E-state index contributed by atoms with van der Waals surface area (Å²) in [5.41, 5.74) is 7.22. The zero-order valence-electron chi connectivity index (χ0n) is 15.9. The van der Waals surface area contributed by atoms with E-state index in [1.807, 2.05) is 0 Å². The molecule has 3 N–H and O–H groups in total. The lowest BCUT2D eigenvalue weighted by molar-refractivity contribution is 0.244. The van der Waals surface area contributed by atoms with Crippen LogP contribution in [0.1, 0.15) is 43.9 Å². The predicted octanol–water partition coefficient (Wildman–Crippen LogP) is 3.38. The van der Waals surface area contributed by atoms with Crippen LogP contribution in [-0.4, -0.2) is 42.6 Å². The van der Waals surface area contributed by atoms with Gasteiger partial charge in [-0.2, -0.15) is 4.98 Å². The molecule has 0 amide bonds. The normalized spacial score (nSPS) is 16.8. The van der Waals surface area contributed by atoms with Gasteiger partial charge < -0.3 is 15.4 Å². The van der Waals surface area contributed by atoms with Crippen LogP contribution in [0.4, 0.5) is 4.39 Å². The van der Waals surface area contributed by atoms with Crippen molar-refractivity contribution in [3.05, 3.63) is 40.5 Å². The zero-order valence-corrected chi connectivity index (χ0v) is 17.5. The second kappa shape index (κ2) is 8.91. The molecule has 1 aliphatic rings. The number of rotatable bonds is 7. The SMILES string of the molecule is CS(=O)(=O)c1ccc(-c2noc([C@H](CCO)[C@H](N)C(F)=C3CCCC3)n2)c(Cl)c1. The van der Waals surface area contributed by atoms with Gasteiger partial charge in [-0.05, 0) is 55.9 Å². The Morgan fingerprint density at radius 2 is 2.07 bits per heavy atom. The Labute approximate surface area is 173 Å². The molecule has 1 aromatic heterocycles. The van der Waals surface area contributed by atoms with Gasteiger partial charge in [0.15, 0.2) is 9.84 Å². The third kappa shape index (κ3) is 4.85. The van der Waals surface area contributed by atoms with E-state index in [2.05, 4.69) is 10.1 Å². The molecule has 2 aromatic rings. The Kier molecular flexibility index (Phi) is 6.72. The van der Waals surface area contributed by atoms with Crippen molar-refractivity contribution in [3.8, 4) is 11.4 Å². The summed E-state index contributed by atoms with van der Waals surface area (Å²) < 4.78 is 43.4. The largest absolute Gasteiger partial charge is 0.396 e. The number of hydrogen-bond acceptors (Lipinski definition) is 7. The van der Waals surface area contributed by atoms with Crippen LogP contribution in [-0.2, 0) is 9.84 Å². The molecular formula is C19H23ClFN3O4S. The lowest BCUT2D eigenvalue weighted by atomic mass is 9.93. The van der Waals surface area contributed by atoms with Crippen LogP contribution in [0.15, 0.2) is 39.0 Å². The number of hydrogen-bond donors (Lipinski definition) is 2. The third-order valence-electron chi connectivity index (χ3n) is 5.08. The van der Waals surface area contributed by atoms with Crippen LogP contribution < -0.4 is 5.73 Å². The quantitative estimate of drug-likeness (QED) is 0.672. The summed E-state index contributed by atoms with van der Waals surface area (Å²) in [6.45, 7) is -0.220. The molecule has 158 valence electrons. The van der Waals surface area contributed by atoms with E-state index in [9.17, 15) is 17.9 Å². The predicted molar refractivity (Wildman–Crippen MR) is 107 cm³/mol. The van der Waals surface area contributed by atoms with Crippen LogP contribution in [0.5, 0.6) is 0 Å². The highest BCUT2D eigenvalue weighted by atomic mass is 35.5. The van der Waals surface area contributed by atoms with E-state index in [0.717, 1.165) is 19.1 Å². The van der Waals surface area contributed by atoms with Crippen molar-refractivity contribution < 1.29 is 22.4 Å². The fourth-order valence-electron chi connectivity index (χ4n) is 3.45. The highest BCUT2D eigenvalue weighted by molar-refractivity contribution is 7.90. The van der Waals surface area contributed by atoms with Crippen LogP contribution in [0.3, 0.4) is 0 Å². The molecule has 10 heteroatoms. The lowest BCUT2D eigenvalue weighted by Gasteiger charge is -2.19. The minimum Gasteiger partial charge on any atom is -0.396 e. The van der Waals surface area contributed by atoms with E-state index in [0.29, 0.717) is 24.0 Å². The molecule has 0 spiro atoms. The van der Waals surface area contributed by atoms with E-state index >= 15 is 0 Å². The average Bonchev–Trinajstić information content (AvgIpc) is 3.36. The van der Waals surface area contributed by atoms with Crippen LogP contribution in [0.25, 0.3) is 11.4 Å². The van der Waals surface area contributed by atoms with Crippen molar-refractivity contribution >= 4 is 21.4 Å². The van der Waals surface area contributed by atoms with Crippen molar-refractivity contribution in [1.82, 2.24) is 10.1 Å². The first-order valence-corrected chi connectivity index (χ1v) is 11.6. The fourth-order valence-corrected chi connectivity index (χ4v) is 4.43. The summed E-state index contributed by atoms with van der Waals surface area (Å²) in [6, 6.07) is 3.19. The van der Waals surface area contributed by atoms with Crippen molar-refractivity contribution in [3.63, 3.8) is 0 Å². The maximum Gasteiger partial charge on any atom is 0.232 e. The van der Waals surface area contributed by atoms with Gasteiger partial charge in [-0.15, -0.1) is 0 Å². The summed E-state index contributed by atoms with van der Waals surface area (Å²) >= 11 is 6.20. The first-order valence-electron chi connectivity index (χ1n) is 9.29. The smallest absolute Gasteiger partial charge is 0.232 e. The van der Waals surface area contributed by atoms with Crippen LogP contribution in [0.2, 0.25) is 5.02 Å². The third-order valence-corrected chi connectivity index (χ3v) is 6.50. The van der Waals surface area contributed by atoms with Gasteiger partial charge in [-0.3, -0.25) is 0 Å². The molecule has 2 atom stereocenters. The maximum absolute atomic E-state index is 14.8. The summed E-state index contributed by atoms with van der Waals surface area (Å²) in [5.74, 6) is -0.840. The maximum atomic E-state index is 14.8. The van der Waals surface area contributed by atoms with E-state index in [4.69, 9.17) is 21.9 Å². The van der Waals surface area contributed by atoms with Gasteiger partial charge in [0.25, 0.3) is 0 Å². The number of aliphatic hydroxyl groups excluding tert-OH is 1. The molecule has 0 radical (unpaired) electrons. The minimum absolute atomic E-state index is 0.0698. The minimum atomic E-state index is -3.41. The van der Waals surface area contributed by atoms with Gasteiger partial charge in [-0.25, -0.2) is 12.8 Å². The Morgan fingerprint density at radius 3 is 2.66 bits per heavy atom. The summed E-state index contributed by atoms with van der Waals surface area (Å²) in [4.78, 5) is 4.36. The van der Waals surface area contributed by atoms with Gasteiger partial charge in [0.05, 0.1) is 21.9 Å². The Bertz CT molecular complexity index is 1010. The molecule has 7 nitrogen and oxygen atoms in total. The summed E-state index contributed by atoms with van der Waals surface area (Å²) in [7, 11) is -3.41. The molecule has 1 saturated carbocycles. The number of nitrogens with zero attached hydrogens (tertiary/aromatic N) is 2. The van der Waals surface area contributed by atoms with Gasteiger partial charge in [-0.1, -0.05) is 16.8 Å².